The van der Waals surface area contributed by atoms with Crippen molar-refractivity contribution in [1.29, 1.82) is 0 Å². The maximum absolute atomic E-state index is 9.30. The van der Waals surface area contributed by atoms with Gasteiger partial charge in [-0.2, -0.15) is 4.98 Å². The smallest absolute Gasteiger partial charge is 0.229 e. The lowest BCUT2D eigenvalue weighted by atomic mass is 9.97. The molecule has 0 bridgehead atoms. The van der Waals surface area contributed by atoms with E-state index < -0.39 is 0 Å². The summed E-state index contributed by atoms with van der Waals surface area (Å²) in [6, 6.07) is 8.31. The van der Waals surface area contributed by atoms with Crippen LogP contribution in [0.25, 0.3) is 0 Å². The molecule has 3 rings (SSSR count). The molecule has 0 saturated carbocycles. The van der Waals surface area contributed by atoms with Crippen LogP contribution >= 0.6 is 0 Å². The van der Waals surface area contributed by atoms with Crippen LogP contribution in [0.15, 0.2) is 28.8 Å². The summed E-state index contributed by atoms with van der Waals surface area (Å²) in [5.74, 6) is 2.03. The van der Waals surface area contributed by atoms with E-state index in [1.54, 1.807) is 0 Å². The molecule has 0 spiro atoms. The average Bonchev–Trinajstić information content (AvgIpc) is 3.10. The van der Waals surface area contributed by atoms with E-state index in [0.29, 0.717) is 30.8 Å². The summed E-state index contributed by atoms with van der Waals surface area (Å²) in [6.45, 7) is 6.86. The van der Waals surface area contributed by atoms with Crippen molar-refractivity contribution in [3.8, 4) is 0 Å². The topological polar surface area (TPSA) is 74.4 Å². The monoisotopic (exact) mass is 330 g/mol. The molecule has 24 heavy (non-hydrogen) atoms. The number of rotatable bonds is 6. The number of nitrogens with one attached hydrogen (secondary N) is 1. The third kappa shape index (κ3) is 3.87. The van der Waals surface area contributed by atoms with Crippen molar-refractivity contribution in [2.24, 2.45) is 5.92 Å². The molecule has 0 unspecified atom stereocenters. The molecule has 1 aliphatic heterocycles. The highest BCUT2D eigenvalue weighted by atomic mass is 16.5. The van der Waals surface area contributed by atoms with Gasteiger partial charge in [-0.15, -0.1) is 0 Å². The molecule has 1 aliphatic rings. The molecule has 0 atom stereocenters. The molecule has 2 heterocycles. The van der Waals surface area contributed by atoms with Gasteiger partial charge >= 0.3 is 0 Å². The first-order chi connectivity index (χ1) is 11.7. The summed E-state index contributed by atoms with van der Waals surface area (Å²) >= 11 is 0. The van der Waals surface area contributed by atoms with E-state index >= 15 is 0 Å². The molecule has 6 nitrogen and oxygen atoms in total. The third-order valence-corrected chi connectivity index (χ3v) is 4.53. The van der Waals surface area contributed by atoms with Gasteiger partial charge in [-0.05, 0) is 30.9 Å². The number of para-hydroxylation sites is 2. The number of anilines is 2. The van der Waals surface area contributed by atoms with Crippen LogP contribution in [0.4, 0.5) is 11.4 Å². The van der Waals surface area contributed by atoms with Gasteiger partial charge in [0.05, 0.1) is 17.9 Å². The van der Waals surface area contributed by atoms with Crippen LogP contribution < -0.4 is 10.2 Å². The van der Waals surface area contributed by atoms with Crippen LogP contribution in [-0.2, 0) is 6.54 Å². The first kappa shape index (κ1) is 16.8. The molecule has 2 aromatic rings. The fourth-order valence-corrected chi connectivity index (χ4v) is 3.00. The van der Waals surface area contributed by atoms with Crippen LogP contribution in [-0.4, -0.2) is 34.9 Å². The Morgan fingerprint density at radius 1 is 1.29 bits per heavy atom. The SMILES string of the molecule is CC(C)c1nc(CNc2ccccc2N2CCC(CO)CC2)no1. The van der Waals surface area contributed by atoms with Gasteiger partial charge in [0.1, 0.15) is 0 Å². The molecule has 130 valence electrons. The zero-order valence-electron chi connectivity index (χ0n) is 14.4. The molecule has 1 aromatic carbocycles. The van der Waals surface area contributed by atoms with Crippen molar-refractivity contribution in [3.63, 3.8) is 0 Å². The number of nitrogens with zero attached hydrogens (tertiary/aromatic N) is 3. The zero-order chi connectivity index (χ0) is 16.9. The molecule has 0 radical (unpaired) electrons. The normalized spacial score (nSPS) is 15.9. The quantitative estimate of drug-likeness (QED) is 0.848. The third-order valence-electron chi connectivity index (χ3n) is 4.53. The minimum Gasteiger partial charge on any atom is -0.396 e. The molecule has 1 fully saturated rings. The first-order valence-corrected chi connectivity index (χ1v) is 8.68. The molecule has 1 aromatic heterocycles. The van der Waals surface area contributed by atoms with Crippen molar-refractivity contribution >= 4 is 11.4 Å². The van der Waals surface area contributed by atoms with Crippen molar-refractivity contribution in [3.05, 3.63) is 36.0 Å². The first-order valence-electron chi connectivity index (χ1n) is 8.68. The number of piperidine rings is 1. The van der Waals surface area contributed by atoms with Gasteiger partial charge < -0.3 is 19.8 Å². The maximum atomic E-state index is 9.30. The summed E-state index contributed by atoms with van der Waals surface area (Å²) < 4.78 is 5.25. The van der Waals surface area contributed by atoms with E-state index in [2.05, 4.69) is 38.6 Å². The Hall–Kier alpha value is -2.08. The van der Waals surface area contributed by atoms with Crippen molar-refractivity contribution < 1.29 is 9.63 Å². The van der Waals surface area contributed by atoms with E-state index in [4.69, 9.17) is 4.52 Å². The molecule has 0 amide bonds. The highest BCUT2D eigenvalue weighted by molar-refractivity contribution is 5.70. The zero-order valence-corrected chi connectivity index (χ0v) is 14.4. The summed E-state index contributed by atoms with van der Waals surface area (Å²) in [7, 11) is 0. The van der Waals surface area contributed by atoms with Crippen LogP contribution in [0.5, 0.6) is 0 Å². The van der Waals surface area contributed by atoms with Gasteiger partial charge in [0.2, 0.25) is 5.89 Å². The molecule has 2 N–H and O–H groups in total. The lowest BCUT2D eigenvalue weighted by molar-refractivity contribution is 0.203. The van der Waals surface area contributed by atoms with Gasteiger partial charge in [-0.25, -0.2) is 0 Å². The molecule has 1 saturated heterocycles. The van der Waals surface area contributed by atoms with E-state index in [-0.39, 0.29) is 5.92 Å². The van der Waals surface area contributed by atoms with Crippen LogP contribution in [0.2, 0.25) is 0 Å². The number of aliphatic hydroxyl groups is 1. The Morgan fingerprint density at radius 3 is 2.71 bits per heavy atom. The van der Waals surface area contributed by atoms with Crippen molar-refractivity contribution in [2.45, 2.75) is 39.2 Å². The second-order valence-corrected chi connectivity index (χ2v) is 6.69. The number of hydrogen-bond acceptors (Lipinski definition) is 6. The molecular weight excluding hydrogens is 304 g/mol. The Kier molecular flexibility index (Phi) is 5.35. The Bertz CT molecular complexity index is 648. The summed E-state index contributed by atoms with van der Waals surface area (Å²) in [6.07, 6.45) is 2.07. The highest BCUT2D eigenvalue weighted by Crippen LogP contribution is 2.30. The van der Waals surface area contributed by atoms with Gasteiger partial charge in [0.25, 0.3) is 0 Å². The predicted octanol–water partition coefficient (Wildman–Crippen LogP) is 3.01. The second kappa shape index (κ2) is 7.66. The Labute approximate surface area is 142 Å². The fourth-order valence-electron chi connectivity index (χ4n) is 3.00. The fraction of sp³-hybridized carbons (Fsp3) is 0.556. The molecule has 6 heteroatoms. The van der Waals surface area contributed by atoms with Crippen LogP contribution in [0, 0.1) is 5.92 Å². The van der Waals surface area contributed by atoms with Gasteiger partial charge in [0, 0.05) is 25.6 Å². The molecular formula is C18H26N4O2. The number of hydrogen-bond donors (Lipinski definition) is 2. The highest BCUT2D eigenvalue weighted by Gasteiger charge is 2.20. The van der Waals surface area contributed by atoms with Crippen LogP contribution in [0.3, 0.4) is 0 Å². The largest absolute Gasteiger partial charge is 0.396 e. The number of aliphatic hydroxyl groups excluding tert-OH is 1. The number of benzene rings is 1. The maximum Gasteiger partial charge on any atom is 0.229 e. The minimum atomic E-state index is 0.242. The summed E-state index contributed by atoms with van der Waals surface area (Å²) in [5.41, 5.74) is 2.28. The second-order valence-electron chi connectivity index (χ2n) is 6.69. The average molecular weight is 330 g/mol. The van der Waals surface area contributed by atoms with E-state index in [1.165, 1.54) is 5.69 Å². The Balaban J connectivity index is 1.65. The van der Waals surface area contributed by atoms with Crippen LogP contribution in [0.1, 0.15) is 44.3 Å². The Morgan fingerprint density at radius 2 is 2.04 bits per heavy atom. The summed E-state index contributed by atoms with van der Waals surface area (Å²) in [4.78, 5) is 6.79. The standard InChI is InChI=1S/C18H26N4O2/c1-13(2)18-20-17(21-24-18)11-19-15-5-3-4-6-16(15)22-9-7-14(12-23)8-10-22/h3-6,13-14,19,23H,7-12H2,1-2H3. The van der Waals surface area contributed by atoms with E-state index in [9.17, 15) is 5.11 Å². The van der Waals surface area contributed by atoms with E-state index in [1.807, 2.05) is 19.9 Å². The molecule has 0 aliphatic carbocycles. The number of aromatic nitrogens is 2. The van der Waals surface area contributed by atoms with Gasteiger partial charge in [-0.3, -0.25) is 0 Å². The predicted molar refractivity (Wildman–Crippen MR) is 94.2 cm³/mol. The lowest BCUT2D eigenvalue weighted by Gasteiger charge is -2.34. The van der Waals surface area contributed by atoms with Gasteiger partial charge in [0.15, 0.2) is 5.82 Å². The van der Waals surface area contributed by atoms with E-state index in [0.717, 1.165) is 31.6 Å². The van der Waals surface area contributed by atoms with Crippen molar-refractivity contribution in [2.75, 3.05) is 29.9 Å². The summed E-state index contributed by atoms with van der Waals surface area (Å²) in [5, 5.41) is 16.8. The van der Waals surface area contributed by atoms with Gasteiger partial charge in [-0.1, -0.05) is 31.1 Å². The lowest BCUT2D eigenvalue weighted by Crippen LogP contribution is -2.35. The van der Waals surface area contributed by atoms with Crippen molar-refractivity contribution in [1.82, 2.24) is 10.1 Å². The minimum absolute atomic E-state index is 0.242.